The second-order valence-corrected chi connectivity index (χ2v) is 17.7. The van der Waals surface area contributed by atoms with E-state index in [1.807, 2.05) is 36.4 Å². The van der Waals surface area contributed by atoms with E-state index < -0.39 is 0 Å². The number of benzene rings is 2. The summed E-state index contributed by atoms with van der Waals surface area (Å²) in [5, 5.41) is 0.561. The third-order valence-corrected chi connectivity index (χ3v) is 14.6. The molecule has 3 saturated carbocycles. The van der Waals surface area contributed by atoms with Crippen molar-refractivity contribution in [1.29, 1.82) is 0 Å². The first-order valence-electron chi connectivity index (χ1n) is 19.7. The lowest BCUT2D eigenvalue weighted by molar-refractivity contribution is -0.152. The van der Waals surface area contributed by atoms with E-state index in [2.05, 4.69) is 50.3 Å². The summed E-state index contributed by atoms with van der Waals surface area (Å²) in [7, 11) is 2.13. The molecule has 0 bridgehead atoms. The quantitative estimate of drug-likeness (QED) is 0.227. The van der Waals surface area contributed by atoms with Gasteiger partial charge in [-0.3, -0.25) is 14.5 Å². The minimum atomic E-state index is -0.296. The van der Waals surface area contributed by atoms with E-state index >= 15 is 0 Å². The van der Waals surface area contributed by atoms with Crippen LogP contribution in [0, 0.1) is 34.5 Å². The maximum atomic E-state index is 14.2. The van der Waals surface area contributed by atoms with Gasteiger partial charge in [0.05, 0.1) is 23.5 Å². The molecule has 7 nitrogen and oxygen atoms in total. The molecule has 52 heavy (non-hydrogen) atoms. The molecule has 0 spiro atoms. The molecule has 2 aliphatic heterocycles. The van der Waals surface area contributed by atoms with Gasteiger partial charge in [0, 0.05) is 49.6 Å². The maximum absolute atomic E-state index is 14.2. The summed E-state index contributed by atoms with van der Waals surface area (Å²) in [6.45, 7) is 15.2. The van der Waals surface area contributed by atoms with Crippen molar-refractivity contribution in [3.8, 4) is 0 Å². The number of nitrogens with zero attached hydrogens (tertiary/aromatic N) is 4. The number of para-hydroxylation sites is 1. The molecule has 1 saturated heterocycles. The first kappa shape index (κ1) is 35.6. The van der Waals surface area contributed by atoms with Crippen LogP contribution in [0.25, 0.3) is 0 Å². The highest BCUT2D eigenvalue weighted by Gasteiger charge is 2.58. The van der Waals surface area contributed by atoms with Gasteiger partial charge in [-0.05, 0) is 124 Å². The Morgan fingerprint density at radius 1 is 0.962 bits per heavy atom. The zero-order valence-electron chi connectivity index (χ0n) is 31.5. The molecule has 276 valence electrons. The predicted octanol–water partition coefficient (Wildman–Crippen LogP) is 9.49. The molecule has 8 heteroatoms. The van der Waals surface area contributed by atoms with Crippen molar-refractivity contribution < 1.29 is 14.3 Å². The molecule has 4 aliphatic carbocycles. The molecular formula is C44H55ClN4O3. The molecule has 7 unspecified atom stereocenters. The van der Waals surface area contributed by atoms with Crippen molar-refractivity contribution in [3.05, 3.63) is 76.9 Å². The highest BCUT2D eigenvalue weighted by Crippen LogP contribution is 2.67. The van der Waals surface area contributed by atoms with E-state index in [4.69, 9.17) is 21.3 Å². The number of fused-ring (bicyclic) bond motifs is 7. The molecule has 0 radical (unpaired) electrons. The van der Waals surface area contributed by atoms with Gasteiger partial charge < -0.3 is 14.5 Å². The standard InChI is InChI=1S/C44H55ClN4O3/c1-28(2)34-13-14-35-32-12-10-29-26-31(18-20-43(29,3)36(32)19-21-44(34,35)4)52-41(51)17-16-40(50)49-38-9-7-6-8-33(38)42(48-24-22-47(5)23-25-48)46-37-27-30(45)11-15-39(37)49/h6-11,15,27,31-32,34-36H,1,12-14,16-26H2,2-5H3. The maximum Gasteiger partial charge on any atom is 0.306 e. The summed E-state index contributed by atoms with van der Waals surface area (Å²) in [6.07, 6.45) is 11.6. The van der Waals surface area contributed by atoms with Gasteiger partial charge in [0.1, 0.15) is 11.9 Å². The van der Waals surface area contributed by atoms with Crippen molar-refractivity contribution in [3.63, 3.8) is 0 Å². The van der Waals surface area contributed by atoms with Crippen LogP contribution in [0.4, 0.5) is 17.1 Å². The fraction of sp³-hybridized carbons (Fsp3) is 0.568. The third kappa shape index (κ3) is 6.14. The number of amidine groups is 1. The Labute approximate surface area is 315 Å². The Balaban J connectivity index is 0.945. The topological polar surface area (TPSA) is 65.5 Å². The van der Waals surface area contributed by atoms with Crippen LogP contribution in [-0.2, 0) is 14.3 Å². The SMILES string of the molecule is C=C(C)C1CCC2C3CC=C4CC(OC(=O)CCC(=O)N5c6ccc(Cl)cc6N=C(N6CCN(C)CC6)c6ccccc65)CCC4(C)C3CCC12C. The lowest BCUT2D eigenvalue weighted by Gasteiger charge is -2.58. The Morgan fingerprint density at radius 3 is 2.54 bits per heavy atom. The van der Waals surface area contributed by atoms with E-state index in [1.54, 1.807) is 11.0 Å². The number of allylic oxidation sites excluding steroid dienone is 2. The van der Waals surface area contributed by atoms with Crippen LogP contribution >= 0.6 is 11.6 Å². The number of likely N-dealkylation sites (N-methyl/N-ethyl adjacent to an activating group) is 1. The second kappa shape index (κ2) is 13.8. The highest BCUT2D eigenvalue weighted by atomic mass is 35.5. The second-order valence-electron chi connectivity index (χ2n) is 17.2. The van der Waals surface area contributed by atoms with Gasteiger partial charge in [-0.2, -0.15) is 0 Å². The van der Waals surface area contributed by atoms with Gasteiger partial charge in [0.2, 0.25) is 5.91 Å². The molecule has 7 atom stereocenters. The van der Waals surface area contributed by atoms with Crippen molar-refractivity contribution in [1.82, 2.24) is 9.80 Å². The van der Waals surface area contributed by atoms with Gasteiger partial charge in [-0.25, -0.2) is 4.99 Å². The number of piperazine rings is 1. The number of amides is 1. The average Bonchev–Trinajstić information content (AvgIpc) is 3.42. The Kier molecular flexibility index (Phi) is 9.43. The lowest BCUT2D eigenvalue weighted by atomic mass is 9.47. The largest absolute Gasteiger partial charge is 0.462 e. The fourth-order valence-corrected chi connectivity index (χ4v) is 11.7. The Hall–Kier alpha value is -3.42. The number of aliphatic imine (C=N–C) groups is 1. The molecule has 2 aromatic rings. The number of hydrogen-bond acceptors (Lipinski definition) is 6. The number of carbonyl (C=O) groups excluding carboxylic acids is 2. The number of ether oxygens (including phenoxy) is 1. The van der Waals surface area contributed by atoms with Crippen molar-refractivity contribution in [2.45, 2.75) is 91.1 Å². The number of rotatable bonds is 5. The fourth-order valence-electron chi connectivity index (χ4n) is 11.6. The van der Waals surface area contributed by atoms with Gasteiger partial charge in [0.15, 0.2) is 0 Å². The van der Waals surface area contributed by atoms with Gasteiger partial charge >= 0.3 is 5.97 Å². The third-order valence-electron chi connectivity index (χ3n) is 14.3. The molecule has 4 fully saturated rings. The van der Waals surface area contributed by atoms with Crippen LogP contribution in [0.2, 0.25) is 5.02 Å². The first-order valence-corrected chi connectivity index (χ1v) is 20.1. The molecule has 6 aliphatic rings. The molecule has 0 aromatic heterocycles. The smallest absolute Gasteiger partial charge is 0.306 e. The van der Waals surface area contributed by atoms with Crippen LogP contribution in [-0.4, -0.2) is 66.8 Å². The number of esters is 1. The molecule has 0 N–H and O–H groups in total. The van der Waals surface area contributed by atoms with E-state index in [9.17, 15) is 9.59 Å². The summed E-state index contributed by atoms with van der Waals surface area (Å²) < 4.78 is 6.16. The van der Waals surface area contributed by atoms with Crippen molar-refractivity contribution in [2.75, 3.05) is 38.1 Å². The van der Waals surface area contributed by atoms with Crippen LogP contribution in [0.15, 0.2) is 71.3 Å². The van der Waals surface area contributed by atoms with Gasteiger partial charge in [0.25, 0.3) is 0 Å². The number of hydrogen-bond donors (Lipinski definition) is 0. The summed E-state index contributed by atoms with van der Waals surface area (Å²) in [4.78, 5) is 39.1. The molecule has 2 heterocycles. The number of anilines is 2. The lowest BCUT2D eigenvalue weighted by Crippen LogP contribution is -2.50. The average molecular weight is 723 g/mol. The van der Waals surface area contributed by atoms with E-state index in [0.717, 1.165) is 80.8 Å². The van der Waals surface area contributed by atoms with E-state index in [-0.39, 0.29) is 36.2 Å². The predicted molar refractivity (Wildman–Crippen MR) is 209 cm³/mol. The first-order chi connectivity index (χ1) is 25.0. The molecule has 2 aromatic carbocycles. The summed E-state index contributed by atoms with van der Waals surface area (Å²) >= 11 is 6.48. The van der Waals surface area contributed by atoms with E-state index in [0.29, 0.717) is 33.6 Å². The van der Waals surface area contributed by atoms with Gasteiger partial charge in [-0.15, -0.1) is 0 Å². The molecular weight excluding hydrogens is 668 g/mol. The molecule has 1 amide bonds. The van der Waals surface area contributed by atoms with Crippen molar-refractivity contribution >= 4 is 46.4 Å². The Bertz CT molecular complexity index is 1830. The van der Waals surface area contributed by atoms with Crippen LogP contribution in [0.3, 0.4) is 0 Å². The minimum absolute atomic E-state index is 0.0360. The summed E-state index contributed by atoms with van der Waals surface area (Å²) in [6, 6.07) is 13.4. The normalized spacial score (nSPS) is 32.6. The number of carbonyl (C=O) groups is 2. The monoisotopic (exact) mass is 722 g/mol. The van der Waals surface area contributed by atoms with Crippen molar-refractivity contribution in [2.24, 2.45) is 39.5 Å². The Morgan fingerprint density at radius 2 is 1.75 bits per heavy atom. The minimum Gasteiger partial charge on any atom is -0.462 e. The van der Waals surface area contributed by atoms with Gasteiger partial charge in [-0.1, -0.05) is 61.4 Å². The number of halogens is 1. The summed E-state index contributed by atoms with van der Waals surface area (Å²) in [5.74, 6) is 3.28. The van der Waals surface area contributed by atoms with Crippen LogP contribution < -0.4 is 4.90 Å². The highest BCUT2D eigenvalue weighted by molar-refractivity contribution is 6.31. The zero-order valence-corrected chi connectivity index (χ0v) is 32.3. The van der Waals surface area contributed by atoms with Crippen LogP contribution in [0.1, 0.15) is 90.5 Å². The zero-order chi connectivity index (χ0) is 36.4. The summed E-state index contributed by atoms with van der Waals surface area (Å²) in [5.41, 5.74) is 6.44. The van der Waals surface area contributed by atoms with Crippen LogP contribution in [0.5, 0.6) is 0 Å². The molecule has 8 rings (SSSR count). The van der Waals surface area contributed by atoms with E-state index in [1.165, 1.54) is 36.8 Å².